The Morgan fingerprint density at radius 2 is 2.00 bits per heavy atom. The molecule has 1 aromatic carbocycles. The van der Waals surface area contributed by atoms with E-state index < -0.39 is 11.7 Å². The summed E-state index contributed by atoms with van der Waals surface area (Å²) in [4.78, 5) is 0. The number of aromatic nitrogens is 2. The van der Waals surface area contributed by atoms with Crippen molar-refractivity contribution in [2.45, 2.75) is 32.6 Å². The van der Waals surface area contributed by atoms with Gasteiger partial charge in [-0.05, 0) is 32.0 Å². The molecule has 1 aromatic heterocycles. The van der Waals surface area contributed by atoms with Gasteiger partial charge in [0, 0.05) is 6.20 Å². The summed E-state index contributed by atoms with van der Waals surface area (Å²) in [6.07, 6.45) is -2.46. The van der Waals surface area contributed by atoms with Gasteiger partial charge in [0.1, 0.15) is 0 Å². The lowest BCUT2D eigenvalue weighted by atomic mass is 9.99. The van der Waals surface area contributed by atoms with Crippen molar-refractivity contribution in [1.29, 1.82) is 0 Å². The van der Waals surface area contributed by atoms with E-state index >= 15 is 0 Å². The second-order valence-corrected chi connectivity index (χ2v) is 5.15. The number of hydrogen-bond acceptors (Lipinski definition) is 2. The normalized spacial score (nSPS) is 13.4. The van der Waals surface area contributed by atoms with E-state index in [2.05, 4.69) is 16.5 Å². The molecule has 0 aliphatic carbocycles. The van der Waals surface area contributed by atoms with E-state index in [0.29, 0.717) is 6.54 Å². The Balaban J connectivity index is 2.21. The molecular weight excluding hydrogens is 279 g/mol. The molecule has 2 rings (SSSR count). The van der Waals surface area contributed by atoms with Crippen LogP contribution in [0, 0.1) is 13.8 Å². The van der Waals surface area contributed by atoms with Crippen molar-refractivity contribution in [1.82, 2.24) is 15.1 Å². The standard InChI is InChI=1S/C15H18F3N3/c1-10-4-5-13(11(2)6-10)14(19-3)9-21-8-12(7-20-21)15(16,17)18/h4-8,14,19H,9H2,1-3H3. The fourth-order valence-electron chi connectivity index (χ4n) is 2.36. The highest BCUT2D eigenvalue weighted by Gasteiger charge is 2.32. The molecule has 0 amide bonds. The first kappa shape index (κ1) is 15.6. The zero-order valence-corrected chi connectivity index (χ0v) is 12.2. The van der Waals surface area contributed by atoms with Crippen LogP contribution in [0.5, 0.6) is 0 Å². The zero-order chi connectivity index (χ0) is 15.6. The molecule has 1 heterocycles. The van der Waals surface area contributed by atoms with E-state index in [0.717, 1.165) is 29.1 Å². The highest BCUT2D eigenvalue weighted by Crippen LogP contribution is 2.29. The third-order valence-electron chi connectivity index (χ3n) is 3.48. The summed E-state index contributed by atoms with van der Waals surface area (Å²) in [5, 5.41) is 6.93. The Hall–Kier alpha value is -1.82. The quantitative estimate of drug-likeness (QED) is 0.936. The lowest BCUT2D eigenvalue weighted by molar-refractivity contribution is -0.137. The van der Waals surface area contributed by atoms with E-state index in [1.807, 2.05) is 26.0 Å². The number of nitrogens with one attached hydrogen (secondary N) is 1. The molecule has 3 nitrogen and oxygen atoms in total. The van der Waals surface area contributed by atoms with Crippen LogP contribution in [0.1, 0.15) is 28.3 Å². The van der Waals surface area contributed by atoms with Crippen molar-refractivity contribution in [3.8, 4) is 0 Å². The van der Waals surface area contributed by atoms with Gasteiger partial charge in [-0.1, -0.05) is 23.8 Å². The molecule has 1 atom stereocenters. The number of likely N-dealkylation sites (N-methyl/N-ethyl adjacent to an activating group) is 1. The number of rotatable bonds is 4. The summed E-state index contributed by atoms with van der Waals surface area (Å²) >= 11 is 0. The highest BCUT2D eigenvalue weighted by atomic mass is 19.4. The largest absolute Gasteiger partial charge is 0.419 e. The van der Waals surface area contributed by atoms with Gasteiger partial charge >= 0.3 is 6.18 Å². The van der Waals surface area contributed by atoms with Crippen LogP contribution in [0.15, 0.2) is 30.6 Å². The maximum absolute atomic E-state index is 12.6. The molecule has 0 spiro atoms. The molecule has 0 fully saturated rings. The number of alkyl halides is 3. The smallest absolute Gasteiger partial charge is 0.311 e. The SMILES string of the molecule is CNC(Cn1cc(C(F)(F)F)cn1)c1ccc(C)cc1C. The van der Waals surface area contributed by atoms with Gasteiger partial charge in [0.25, 0.3) is 0 Å². The van der Waals surface area contributed by atoms with Crippen LogP contribution in [-0.2, 0) is 12.7 Å². The minimum Gasteiger partial charge on any atom is -0.311 e. The van der Waals surface area contributed by atoms with Gasteiger partial charge in [-0.25, -0.2) is 0 Å². The lowest BCUT2D eigenvalue weighted by Gasteiger charge is -2.19. The van der Waals surface area contributed by atoms with Gasteiger partial charge in [-0.15, -0.1) is 0 Å². The second kappa shape index (κ2) is 5.89. The van der Waals surface area contributed by atoms with E-state index in [9.17, 15) is 13.2 Å². The number of aryl methyl sites for hydroxylation is 2. The predicted molar refractivity (Wildman–Crippen MR) is 74.9 cm³/mol. The maximum atomic E-state index is 12.6. The molecule has 21 heavy (non-hydrogen) atoms. The lowest BCUT2D eigenvalue weighted by Crippen LogP contribution is -2.23. The van der Waals surface area contributed by atoms with Crippen LogP contribution >= 0.6 is 0 Å². The molecule has 0 aliphatic rings. The van der Waals surface area contributed by atoms with Crippen LogP contribution in [0.3, 0.4) is 0 Å². The molecule has 0 bridgehead atoms. The number of nitrogens with zero attached hydrogens (tertiary/aromatic N) is 2. The number of halogens is 3. The van der Waals surface area contributed by atoms with Crippen molar-refractivity contribution in [3.63, 3.8) is 0 Å². The Kier molecular flexibility index (Phi) is 4.37. The predicted octanol–water partition coefficient (Wildman–Crippen LogP) is 3.48. The Bertz CT molecular complexity index is 617. The third kappa shape index (κ3) is 3.64. The van der Waals surface area contributed by atoms with Gasteiger partial charge in [0.15, 0.2) is 0 Å². The van der Waals surface area contributed by atoms with Crippen molar-refractivity contribution >= 4 is 0 Å². The van der Waals surface area contributed by atoms with E-state index in [1.54, 1.807) is 7.05 Å². The van der Waals surface area contributed by atoms with Crippen LogP contribution < -0.4 is 5.32 Å². The number of hydrogen-bond donors (Lipinski definition) is 1. The summed E-state index contributed by atoms with van der Waals surface area (Å²) in [6.45, 7) is 4.35. The Morgan fingerprint density at radius 1 is 1.29 bits per heavy atom. The van der Waals surface area contributed by atoms with Gasteiger partial charge in [-0.3, -0.25) is 4.68 Å². The summed E-state index contributed by atoms with van der Waals surface area (Å²) in [5.41, 5.74) is 2.60. The highest BCUT2D eigenvalue weighted by molar-refractivity contribution is 5.32. The average molecular weight is 297 g/mol. The average Bonchev–Trinajstić information content (AvgIpc) is 2.85. The first-order chi connectivity index (χ1) is 9.81. The first-order valence-electron chi connectivity index (χ1n) is 6.65. The van der Waals surface area contributed by atoms with Gasteiger partial charge in [0.2, 0.25) is 0 Å². The van der Waals surface area contributed by atoms with E-state index in [4.69, 9.17) is 0 Å². The molecule has 1 unspecified atom stereocenters. The molecule has 6 heteroatoms. The molecule has 0 radical (unpaired) electrons. The second-order valence-electron chi connectivity index (χ2n) is 5.15. The molecule has 0 saturated carbocycles. The third-order valence-corrected chi connectivity index (χ3v) is 3.48. The summed E-state index contributed by atoms with van der Waals surface area (Å²) in [6, 6.07) is 5.97. The van der Waals surface area contributed by atoms with Crippen LogP contribution in [0.25, 0.3) is 0 Å². The van der Waals surface area contributed by atoms with Gasteiger partial charge in [0.05, 0.1) is 24.3 Å². The fourth-order valence-corrected chi connectivity index (χ4v) is 2.36. The molecule has 114 valence electrons. The Morgan fingerprint density at radius 3 is 2.52 bits per heavy atom. The first-order valence-corrected chi connectivity index (χ1v) is 6.65. The molecular formula is C15H18F3N3. The summed E-state index contributed by atoms with van der Waals surface area (Å²) in [5.74, 6) is 0. The minimum atomic E-state index is -4.35. The van der Waals surface area contributed by atoms with Crippen molar-refractivity contribution < 1.29 is 13.2 Å². The molecule has 0 saturated heterocycles. The van der Waals surface area contributed by atoms with Crippen LogP contribution in [0.2, 0.25) is 0 Å². The van der Waals surface area contributed by atoms with Crippen molar-refractivity contribution in [3.05, 3.63) is 52.8 Å². The summed E-state index contributed by atoms with van der Waals surface area (Å²) < 4.78 is 39.1. The van der Waals surface area contributed by atoms with Crippen molar-refractivity contribution in [2.24, 2.45) is 0 Å². The molecule has 0 aliphatic heterocycles. The zero-order valence-electron chi connectivity index (χ0n) is 12.2. The monoisotopic (exact) mass is 297 g/mol. The molecule has 2 aromatic rings. The van der Waals surface area contributed by atoms with E-state index in [-0.39, 0.29) is 6.04 Å². The van der Waals surface area contributed by atoms with Crippen LogP contribution in [-0.4, -0.2) is 16.8 Å². The van der Waals surface area contributed by atoms with Crippen LogP contribution in [0.4, 0.5) is 13.2 Å². The van der Waals surface area contributed by atoms with Gasteiger partial charge < -0.3 is 5.32 Å². The Labute approximate surface area is 121 Å². The number of benzene rings is 1. The van der Waals surface area contributed by atoms with Gasteiger partial charge in [-0.2, -0.15) is 18.3 Å². The topological polar surface area (TPSA) is 29.9 Å². The van der Waals surface area contributed by atoms with Crippen molar-refractivity contribution in [2.75, 3.05) is 7.05 Å². The van der Waals surface area contributed by atoms with E-state index in [1.165, 1.54) is 4.68 Å². The minimum absolute atomic E-state index is 0.0911. The molecule has 1 N–H and O–H groups in total. The maximum Gasteiger partial charge on any atom is 0.419 e. The summed E-state index contributed by atoms with van der Waals surface area (Å²) in [7, 11) is 1.79. The fraction of sp³-hybridized carbons (Fsp3) is 0.400.